The van der Waals surface area contributed by atoms with Gasteiger partial charge in [0.1, 0.15) is 5.75 Å². The molecule has 1 amide bonds. The predicted molar refractivity (Wildman–Crippen MR) is 88.3 cm³/mol. The number of rotatable bonds is 5. The number of halogens is 2. The molecule has 110 valence electrons. The molecule has 0 saturated carbocycles. The summed E-state index contributed by atoms with van der Waals surface area (Å²) < 4.78 is 7.23. The minimum atomic E-state index is -0.260. The van der Waals surface area contributed by atoms with Crippen molar-refractivity contribution in [3.8, 4) is 5.75 Å². The average Bonchev–Trinajstić information content (AvgIpc) is 2.48. The molecule has 0 aliphatic rings. The predicted octanol–water partition coefficient (Wildman–Crippen LogP) is 3.72. The van der Waals surface area contributed by atoms with Crippen molar-refractivity contribution < 1.29 is 14.6 Å². The number of anilines is 1. The highest BCUT2D eigenvalue weighted by Crippen LogP contribution is 2.23. The number of ether oxygens (including phenoxy) is 1. The molecular weight excluding hydrogens is 402 g/mol. The molecule has 2 aromatic rings. The Morgan fingerprint density at radius 1 is 1.10 bits per heavy atom. The largest absolute Gasteiger partial charge is 0.483 e. The van der Waals surface area contributed by atoms with Gasteiger partial charge in [-0.05, 0) is 42.5 Å². The zero-order valence-electron chi connectivity index (χ0n) is 11.0. The standard InChI is InChI=1S/C15H13Br2NO3/c16-11-1-4-13(5-2-11)18-15(20)9-21-14-6-3-12(17)7-10(14)8-19/h1-7,19H,8-9H2,(H,18,20). The van der Waals surface area contributed by atoms with Crippen LogP contribution in [0.4, 0.5) is 5.69 Å². The van der Waals surface area contributed by atoms with E-state index in [-0.39, 0.29) is 19.1 Å². The Labute approximate surface area is 139 Å². The molecule has 0 bridgehead atoms. The van der Waals surface area contributed by atoms with Crippen molar-refractivity contribution in [3.63, 3.8) is 0 Å². The van der Waals surface area contributed by atoms with Gasteiger partial charge in [-0.15, -0.1) is 0 Å². The number of hydrogen-bond donors (Lipinski definition) is 2. The average molecular weight is 415 g/mol. The molecule has 0 aliphatic heterocycles. The molecule has 21 heavy (non-hydrogen) atoms. The first-order chi connectivity index (χ1) is 10.1. The van der Waals surface area contributed by atoms with Crippen molar-refractivity contribution in [2.24, 2.45) is 0 Å². The third-order valence-corrected chi connectivity index (χ3v) is 3.70. The number of nitrogens with one attached hydrogen (secondary N) is 1. The highest BCUT2D eigenvalue weighted by atomic mass is 79.9. The highest BCUT2D eigenvalue weighted by molar-refractivity contribution is 9.10. The third-order valence-electron chi connectivity index (χ3n) is 2.68. The molecule has 4 nitrogen and oxygen atoms in total. The van der Waals surface area contributed by atoms with Crippen molar-refractivity contribution in [2.75, 3.05) is 11.9 Å². The Morgan fingerprint density at radius 2 is 1.76 bits per heavy atom. The van der Waals surface area contributed by atoms with Gasteiger partial charge in [0.15, 0.2) is 6.61 Å². The first kappa shape index (κ1) is 16.0. The number of aliphatic hydroxyl groups is 1. The second-order valence-electron chi connectivity index (χ2n) is 4.25. The van der Waals surface area contributed by atoms with E-state index in [1.165, 1.54) is 0 Å². The van der Waals surface area contributed by atoms with Gasteiger partial charge in [-0.25, -0.2) is 0 Å². The summed E-state index contributed by atoms with van der Waals surface area (Å²) >= 11 is 6.65. The van der Waals surface area contributed by atoms with Crippen molar-refractivity contribution in [1.29, 1.82) is 0 Å². The topological polar surface area (TPSA) is 58.6 Å². The van der Waals surface area contributed by atoms with E-state index in [2.05, 4.69) is 37.2 Å². The molecule has 6 heteroatoms. The number of carbonyl (C=O) groups is 1. The Balaban J connectivity index is 1.93. The van der Waals surface area contributed by atoms with Gasteiger partial charge in [0.2, 0.25) is 0 Å². The number of benzene rings is 2. The maximum atomic E-state index is 11.8. The Kier molecular flexibility index (Phi) is 5.78. The van der Waals surface area contributed by atoms with Crippen molar-refractivity contribution in [3.05, 3.63) is 57.0 Å². The fraction of sp³-hybridized carbons (Fsp3) is 0.133. The lowest BCUT2D eigenvalue weighted by Crippen LogP contribution is -2.20. The maximum Gasteiger partial charge on any atom is 0.262 e. The minimum absolute atomic E-state index is 0.120. The summed E-state index contributed by atoms with van der Waals surface area (Å²) in [5, 5.41) is 12.0. The van der Waals surface area contributed by atoms with Crippen LogP contribution in [-0.2, 0) is 11.4 Å². The van der Waals surface area contributed by atoms with Gasteiger partial charge in [-0.3, -0.25) is 4.79 Å². The van der Waals surface area contributed by atoms with Crippen LogP contribution in [0.3, 0.4) is 0 Å². The Morgan fingerprint density at radius 3 is 2.43 bits per heavy atom. The summed E-state index contributed by atoms with van der Waals surface area (Å²) in [6.07, 6.45) is 0. The van der Waals surface area contributed by atoms with Crippen LogP contribution in [-0.4, -0.2) is 17.6 Å². The molecule has 0 atom stereocenters. The lowest BCUT2D eigenvalue weighted by Gasteiger charge is -2.11. The van der Waals surface area contributed by atoms with Crippen LogP contribution in [0.25, 0.3) is 0 Å². The number of aliphatic hydroxyl groups excluding tert-OH is 1. The van der Waals surface area contributed by atoms with E-state index in [4.69, 9.17) is 4.74 Å². The van der Waals surface area contributed by atoms with E-state index >= 15 is 0 Å². The molecule has 0 aromatic heterocycles. The summed E-state index contributed by atoms with van der Waals surface area (Å²) in [6.45, 7) is -0.270. The van der Waals surface area contributed by atoms with Gasteiger partial charge in [0.05, 0.1) is 6.61 Å². The molecule has 0 aliphatic carbocycles. The molecule has 0 saturated heterocycles. The lowest BCUT2D eigenvalue weighted by molar-refractivity contribution is -0.118. The summed E-state index contributed by atoms with van der Waals surface area (Å²) in [5.41, 5.74) is 1.32. The molecule has 0 spiro atoms. The highest BCUT2D eigenvalue weighted by Gasteiger charge is 2.07. The Hall–Kier alpha value is -1.37. The van der Waals surface area contributed by atoms with Crippen LogP contribution >= 0.6 is 31.9 Å². The molecule has 0 heterocycles. The fourth-order valence-electron chi connectivity index (χ4n) is 1.69. The van der Waals surface area contributed by atoms with E-state index in [9.17, 15) is 9.90 Å². The molecule has 2 aromatic carbocycles. The normalized spacial score (nSPS) is 10.2. The third kappa shape index (κ3) is 4.84. The molecule has 0 fully saturated rings. The molecular formula is C15H13Br2NO3. The number of carbonyl (C=O) groups excluding carboxylic acids is 1. The van der Waals surface area contributed by atoms with Gasteiger partial charge in [0.25, 0.3) is 5.91 Å². The van der Waals surface area contributed by atoms with Gasteiger partial charge in [-0.1, -0.05) is 31.9 Å². The summed E-state index contributed by atoms with van der Waals surface area (Å²) in [4.78, 5) is 11.8. The summed E-state index contributed by atoms with van der Waals surface area (Å²) in [6, 6.07) is 12.5. The quantitative estimate of drug-likeness (QED) is 0.783. The SMILES string of the molecule is O=C(COc1ccc(Br)cc1CO)Nc1ccc(Br)cc1. The van der Waals surface area contributed by atoms with Crippen molar-refractivity contribution in [1.82, 2.24) is 0 Å². The van der Waals surface area contributed by atoms with Gasteiger partial charge < -0.3 is 15.2 Å². The van der Waals surface area contributed by atoms with E-state index in [1.807, 2.05) is 12.1 Å². The van der Waals surface area contributed by atoms with Crippen molar-refractivity contribution in [2.45, 2.75) is 6.61 Å². The van der Waals surface area contributed by atoms with E-state index in [1.54, 1.807) is 30.3 Å². The monoisotopic (exact) mass is 413 g/mol. The summed E-state index contributed by atoms with van der Waals surface area (Å²) in [7, 11) is 0. The number of hydrogen-bond acceptors (Lipinski definition) is 3. The molecule has 0 radical (unpaired) electrons. The van der Waals surface area contributed by atoms with E-state index in [0.29, 0.717) is 17.0 Å². The summed E-state index contributed by atoms with van der Waals surface area (Å²) in [5.74, 6) is 0.232. The first-order valence-corrected chi connectivity index (χ1v) is 7.74. The molecule has 0 unspecified atom stereocenters. The second-order valence-corrected chi connectivity index (χ2v) is 6.09. The van der Waals surface area contributed by atoms with Crippen LogP contribution < -0.4 is 10.1 Å². The second kappa shape index (κ2) is 7.59. The van der Waals surface area contributed by atoms with Crippen molar-refractivity contribution >= 4 is 43.5 Å². The van der Waals surface area contributed by atoms with Crippen LogP contribution in [0.1, 0.15) is 5.56 Å². The molecule has 2 rings (SSSR count). The van der Waals surface area contributed by atoms with E-state index in [0.717, 1.165) is 8.95 Å². The van der Waals surface area contributed by atoms with Gasteiger partial charge in [-0.2, -0.15) is 0 Å². The van der Waals surface area contributed by atoms with Gasteiger partial charge >= 0.3 is 0 Å². The lowest BCUT2D eigenvalue weighted by atomic mass is 10.2. The smallest absolute Gasteiger partial charge is 0.262 e. The maximum absolute atomic E-state index is 11.8. The minimum Gasteiger partial charge on any atom is -0.483 e. The van der Waals surface area contributed by atoms with E-state index < -0.39 is 0 Å². The van der Waals surface area contributed by atoms with Gasteiger partial charge in [0, 0.05) is 20.2 Å². The van der Waals surface area contributed by atoms with Crippen LogP contribution in [0.5, 0.6) is 5.75 Å². The zero-order valence-corrected chi connectivity index (χ0v) is 14.1. The van der Waals surface area contributed by atoms with Crippen LogP contribution in [0, 0.1) is 0 Å². The first-order valence-electron chi connectivity index (χ1n) is 6.16. The molecule has 2 N–H and O–H groups in total. The van der Waals surface area contributed by atoms with Crippen LogP contribution in [0.15, 0.2) is 51.4 Å². The zero-order chi connectivity index (χ0) is 15.2. The Bertz CT molecular complexity index is 629. The number of amides is 1. The fourth-order valence-corrected chi connectivity index (χ4v) is 2.36. The van der Waals surface area contributed by atoms with Crippen LogP contribution in [0.2, 0.25) is 0 Å².